The number of rotatable bonds is 7. The second-order valence-corrected chi connectivity index (χ2v) is 7.64. The lowest BCUT2D eigenvalue weighted by atomic mass is 9.89. The molecule has 0 saturated carbocycles. The molecule has 1 amide bonds. The maximum absolute atomic E-state index is 13.6. The number of fused-ring (bicyclic) bond motifs is 3. The van der Waals surface area contributed by atoms with E-state index in [1.165, 1.54) is 12.1 Å². The zero-order valence-corrected chi connectivity index (χ0v) is 17.9. The number of amides is 1. The minimum atomic E-state index is -1.18. The van der Waals surface area contributed by atoms with Gasteiger partial charge < -0.3 is 9.30 Å². The van der Waals surface area contributed by atoms with E-state index in [1.54, 1.807) is 24.0 Å². The number of nitrogens with zero attached hydrogens (tertiary/aromatic N) is 4. The van der Waals surface area contributed by atoms with Crippen LogP contribution in [0.3, 0.4) is 0 Å². The van der Waals surface area contributed by atoms with Gasteiger partial charge in [0.15, 0.2) is 5.92 Å². The van der Waals surface area contributed by atoms with Crippen LogP contribution in [0.5, 0.6) is 0 Å². The maximum atomic E-state index is 13.6. The van der Waals surface area contributed by atoms with Crippen LogP contribution in [0.1, 0.15) is 38.3 Å². The van der Waals surface area contributed by atoms with Gasteiger partial charge in [-0.25, -0.2) is 4.98 Å². The Hall–Kier alpha value is -3.75. The van der Waals surface area contributed by atoms with Gasteiger partial charge >= 0.3 is 5.97 Å². The largest absolute Gasteiger partial charge is 0.465 e. The summed E-state index contributed by atoms with van der Waals surface area (Å²) in [7, 11) is 0. The summed E-state index contributed by atoms with van der Waals surface area (Å²) in [6.07, 6.45) is 1.61. The van der Waals surface area contributed by atoms with Gasteiger partial charge in [-0.15, -0.1) is 0 Å². The highest BCUT2D eigenvalue weighted by Crippen LogP contribution is 2.42. The fraction of sp³-hybridized carbons (Fsp3) is 0.348. The molecular weight excluding hydrogens is 412 g/mol. The van der Waals surface area contributed by atoms with Gasteiger partial charge in [0.1, 0.15) is 0 Å². The van der Waals surface area contributed by atoms with Crippen LogP contribution < -0.4 is 4.90 Å². The van der Waals surface area contributed by atoms with Crippen molar-refractivity contribution in [3.63, 3.8) is 0 Å². The molecule has 2 aromatic carbocycles. The first-order chi connectivity index (χ1) is 15.5. The van der Waals surface area contributed by atoms with Crippen LogP contribution in [0, 0.1) is 16.0 Å². The summed E-state index contributed by atoms with van der Waals surface area (Å²) < 4.78 is 7.12. The van der Waals surface area contributed by atoms with Crippen LogP contribution in [0.4, 0.5) is 11.6 Å². The molecule has 9 nitrogen and oxygen atoms in total. The van der Waals surface area contributed by atoms with Crippen LogP contribution in [0.15, 0.2) is 48.5 Å². The number of carbonyl (C=O) groups is 2. The molecule has 0 N–H and O–H groups in total. The number of ether oxygens (including phenoxy) is 1. The summed E-state index contributed by atoms with van der Waals surface area (Å²) in [6, 6.07) is 12.6. The first-order valence-corrected chi connectivity index (χ1v) is 10.7. The Balaban J connectivity index is 1.99. The van der Waals surface area contributed by atoms with Gasteiger partial charge in [-0.2, -0.15) is 0 Å². The van der Waals surface area contributed by atoms with E-state index < -0.39 is 28.8 Å². The number of carbonyl (C=O) groups excluding carboxylic acids is 2. The quantitative estimate of drug-likeness (QED) is 0.241. The van der Waals surface area contributed by atoms with E-state index in [0.717, 1.165) is 18.4 Å². The van der Waals surface area contributed by atoms with Crippen LogP contribution in [-0.4, -0.2) is 39.5 Å². The smallest absolute Gasteiger partial charge is 0.321 e. The average Bonchev–Trinajstić information content (AvgIpc) is 3.17. The van der Waals surface area contributed by atoms with Crippen molar-refractivity contribution in [2.75, 3.05) is 18.1 Å². The third-order valence-corrected chi connectivity index (χ3v) is 5.64. The molecule has 3 aromatic rings. The molecule has 32 heavy (non-hydrogen) atoms. The SMILES string of the molecule is CCCCN1C(=O)[C@@H](C(=O)OCC)[C@@H](c2cccc([N+](=O)[O-])c2)n2c1nc1ccccc12. The van der Waals surface area contributed by atoms with E-state index in [-0.39, 0.29) is 12.3 Å². The van der Waals surface area contributed by atoms with E-state index in [0.29, 0.717) is 23.6 Å². The molecule has 1 aliphatic heterocycles. The summed E-state index contributed by atoms with van der Waals surface area (Å²) >= 11 is 0. The normalized spacial score (nSPS) is 17.9. The molecule has 166 valence electrons. The minimum absolute atomic E-state index is 0.114. The number of nitro benzene ring substituents is 1. The molecule has 2 heterocycles. The van der Waals surface area contributed by atoms with Gasteiger partial charge in [0.05, 0.1) is 28.6 Å². The molecule has 0 aliphatic carbocycles. The molecule has 9 heteroatoms. The first kappa shape index (κ1) is 21.5. The number of non-ortho nitro benzene ring substituents is 1. The topological polar surface area (TPSA) is 108 Å². The van der Waals surface area contributed by atoms with Gasteiger partial charge in [-0.1, -0.05) is 37.6 Å². The Labute approximate surface area is 184 Å². The molecule has 4 rings (SSSR count). The van der Waals surface area contributed by atoms with Crippen molar-refractivity contribution >= 4 is 34.5 Å². The lowest BCUT2D eigenvalue weighted by Gasteiger charge is -2.37. The standard InChI is InChI=1S/C23H24N4O5/c1-3-5-13-25-21(28)19(22(29)32-4-2)20(15-9-8-10-16(14-15)27(30)31)26-18-12-7-6-11-17(18)24-23(25)26/h6-12,14,19-20H,3-5,13H2,1-2H3/t19-,20+/m0/s1. The van der Waals surface area contributed by atoms with E-state index in [2.05, 4.69) is 0 Å². The number of hydrogen-bond donors (Lipinski definition) is 0. The lowest BCUT2D eigenvalue weighted by Crippen LogP contribution is -2.50. The Bertz CT molecular complexity index is 1190. The molecule has 1 aliphatic rings. The number of benzene rings is 2. The van der Waals surface area contributed by atoms with Crippen LogP contribution in [-0.2, 0) is 14.3 Å². The molecule has 2 atom stereocenters. The van der Waals surface area contributed by atoms with Gasteiger partial charge in [0.25, 0.3) is 5.69 Å². The molecule has 0 saturated heterocycles. The van der Waals surface area contributed by atoms with Crippen molar-refractivity contribution in [2.45, 2.75) is 32.7 Å². The molecule has 1 aromatic heterocycles. The molecule has 0 unspecified atom stereocenters. The van der Waals surface area contributed by atoms with Gasteiger partial charge in [-0.3, -0.25) is 24.6 Å². The predicted molar refractivity (Wildman–Crippen MR) is 118 cm³/mol. The second kappa shape index (κ2) is 8.78. The zero-order valence-electron chi connectivity index (χ0n) is 17.9. The monoisotopic (exact) mass is 436 g/mol. The summed E-state index contributed by atoms with van der Waals surface area (Å²) in [4.78, 5) is 43.8. The number of anilines is 1. The van der Waals surface area contributed by atoms with E-state index in [9.17, 15) is 19.7 Å². The van der Waals surface area contributed by atoms with Gasteiger partial charge in [-0.05, 0) is 31.0 Å². The van der Waals surface area contributed by atoms with Crippen LogP contribution in [0.2, 0.25) is 0 Å². The number of imidazole rings is 1. The van der Waals surface area contributed by atoms with Crippen LogP contribution >= 0.6 is 0 Å². The number of esters is 1. The Morgan fingerprint density at radius 3 is 2.69 bits per heavy atom. The number of para-hydroxylation sites is 2. The third kappa shape index (κ3) is 3.59. The lowest BCUT2D eigenvalue weighted by molar-refractivity contribution is -0.384. The summed E-state index contributed by atoms with van der Waals surface area (Å²) in [6.45, 7) is 4.24. The summed E-state index contributed by atoms with van der Waals surface area (Å²) in [5.41, 5.74) is 1.78. The molecule has 0 radical (unpaired) electrons. The predicted octanol–water partition coefficient (Wildman–Crippen LogP) is 3.86. The highest BCUT2D eigenvalue weighted by molar-refractivity contribution is 6.08. The summed E-state index contributed by atoms with van der Waals surface area (Å²) in [5, 5.41) is 11.4. The highest BCUT2D eigenvalue weighted by Gasteiger charge is 2.47. The van der Waals surface area contributed by atoms with Crippen molar-refractivity contribution in [3.8, 4) is 0 Å². The third-order valence-electron chi connectivity index (χ3n) is 5.64. The molecular formula is C23H24N4O5. The minimum Gasteiger partial charge on any atom is -0.465 e. The fourth-order valence-corrected chi connectivity index (χ4v) is 4.20. The Morgan fingerprint density at radius 1 is 1.19 bits per heavy atom. The Kier molecular flexibility index (Phi) is 5.89. The van der Waals surface area contributed by atoms with E-state index >= 15 is 0 Å². The first-order valence-electron chi connectivity index (χ1n) is 10.7. The van der Waals surface area contributed by atoms with Crippen molar-refractivity contribution in [2.24, 2.45) is 5.92 Å². The number of hydrogen-bond acceptors (Lipinski definition) is 6. The maximum Gasteiger partial charge on any atom is 0.321 e. The van der Waals surface area contributed by atoms with E-state index in [4.69, 9.17) is 9.72 Å². The van der Waals surface area contributed by atoms with Crippen LogP contribution in [0.25, 0.3) is 11.0 Å². The molecule has 0 bridgehead atoms. The average molecular weight is 436 g/mol. The summed E-state index contributed by atoms with van der Waals surface area (Å²) in [5.74, 6) is -1.81. The van der Waals surface area contributed by atoms with Gasteiger partial charge in [0.2, 0.25) is 11.9 Å². The van der Waals surface area contributed by atoms with Crippen molar-refractivity contribution in [1.29, 1.82) is 0 Å². The highest BCUT2D eigenvalue weighted by atomic mass is 16.6. The number of aromatic nitrogens is 2. The van der Waals surface area contributed by atoms with Crippen molar-refractivity contribution < 1.29 is 19.2 Å². The zero-order chi connectivity index (χ0) is 22.8. The van der Waals surface area contributed by atoms with E-state index in [1.807, 2.05) is 35.8 Å². The molecule has 0 fully saturated rings. The molecule has 0 spiro atoms. The van der Waals surface area contributed by atoms with Crippen molar-refractivity contribution in [1.82, 2.24) is 9.55 Å². The Morgan fingerprint density at radius 2 is 1.97 bits per heavy atom. The van der Waals surface area contributed by atoms with Gasteiger partial charge in [0, 0.05) is 18.7 Å². The number of nitro groups is 1. The second-order valence-electron chi connectivity index (χ2n) is 7.64. The van der Waals surface area contributed by atoms with Crippen molar-refractivity contribution in [3.05, 3.63) is 64.2 Å². The fourth-order valence-electron chi connectivity index (χ4n) is 4.20. The number of unbranched alkanes of at least 4 members (excludes halogenated alkanes) is 1.